The number of amides is 1. The molecule has 2 N–H and O–H groups in total. The smallest absolute Gasteiger partial charge is 0.330 e. The molecule has 2 atom stereocenters. The highest BCUT2D eigenvalue weighted by molar-refractivity contribution is 5.86. The molecule has 1 aromatic carbocycles. The van der Waals surface area contributed by atoms with Crippen LogP contribution < -0.4 is 5.32 Å². The van der Waals surface area contributed by atoms with Gasteiger partial charge in [-0.2, -0.15) is 0 Å². The van der Waals surface area contributed by atoms with Gasteiger partial charge in [-0.3, -0.25) is 4.79 Å². The highest BCUT2D eigenvalue weighted by Gasteiger charge is 2.31. The standard InChI is InChI=1S/C17H24N2O3/c1-12(2)10-19-9-8-14(11-19)16(20)18-15(17(21)22)13-6-4-3-5-7-13/h3-7,12,14-15H,8-11H2,1-2H3,(H,18,20)(H,21,22)/t14-,15+/m0/s1. The molecule has 0 spiro atoms. The highest BCUT2D eigenvalue weighted by Crippen LogP contribution is 2.20. The number of likely N-dealkylation sites (tertiary alicyclic amines) is 1. The van der Waals surface area contributed by atoms with Crippen LogP contribution in [0, 0.1) is 11.8 Å². The minimum absolute atomic E-state index is 0.121. The summed E-state index contributed by atoms with van der Waals surface area (Å²) in [6.07, 6.45) is 0.791. The van der Waals surface area contributed by atoms with Gasteiger partial charge in [0.1, 0.15) is 0 Å². The molecule has 1 heterocycles. The van der Waals surface area contributed by atoms with Crippen LogP contribution in [-0.4, -0.2) is 41.5 Å². The van der Waals surface area contributed by atoms with Crippen LogP contribution in [0.2, 0.25) is 0 Å². The predicted octanol–water partition coefficient (Wildman–Crippen LogP) is 1.91. The number of nitrogens with one attached hydrogen (secondary N) is 1. The van der Waals surface area contributed by atoms with Gasteiger partial charge in [0.25, 0.3) is 0 Å². The minimum Gasteiger partial charge on any atom is -0.479 e. The van der Waals surface area contributed by atoms with Gasteiger partial charge in [-0.1, -0.05) is 44.2 Å². The molecule has 0 aromatic heterocycles. The van der Waals surface area contributed by atoms with Crippen molar-refractivity contribution in [2.24, 2.45) is 11.8 Å². The maximum absolute atomic E-state index is 12.4. The number of hydrogen-bond donors (Lipinski definition) is 2. The van der Waals surface area contributed by atoms with E-state index >= 15 is 0 Å². The maximum atomic E-state index is 12.4. The van der Waals surface area contributed by atoms with Crippen molar-refractivity contribution in [3.05, 3.63) is 35.9 Å². The van der Waals surface area contributed by atoms with Crippen molar-refractivity contribution in [1.82, 2.24) is 10.2 Å². The molecule has 120 valence electrons. The molecule has 0 unspecified atom stereocenters. The Kier molecular flexibility index (Phi) is 5.55. The lowest BCUT2D eigenvalue weighted by Crippen LogP contribution is -2.39. The maximum Gasteiger partial charge on any atom is 0.330 e. The van der Waals surface area contributed by atoms with Crippen molar-refractivity contribution in [3.63, 3.8) is 0 Å². The molecule has 1 fully saturated rings. The summed E-state index contributed by atoms with van der Waals surface area (Å²) >= 11 is 0. The summed E-state index contributed by atoms with van der Waals surface area (Å²) in [4.78, 5) is 26.1. The lowest BCUT2D eigenvalue weighted by Gasteiger charge is -2.19. The third kappa shape index (κ3) is 4.31. The number of carboxylic acid groups (broad SMARTS) is 1. The number of carbonyl (C=O) groups is 2. The number of rotatable bonds is 6. The van der Waals surface area contributed by atoms with Crippen LogP contribution in [0.3, 0.4) is 0 Å². The molecule has 1 aliphatic heterocycles. The van der Waals surface area contributed by atoms with Crippen LogP contribution in [0.15, 0.2) is 30.3 Å². The summed E-state index contributed by atoms with van der Waals surface area (Å²) in [6.45, 7) is 6.90. The first-order chi connectivity index (χ1) is 10.5. The van der Waals surface area contributed by atoms with E-state index in [0.29, 0.717) is 18.0 Å². The van der Waals surface area contributed by atoms with E-state index in [1.54, 1.807) is 24.3 Å². The first kappa shape index (κ1) is 16.5. The van der Waals surface area contributed by atoms with Gasteiger partial charge >= 0.3 is 5.97 Å². The lowest BCUT2D eigenvalue weighted by molar-refractivity contribution is -0.142. The van der Waals surface area contributed by atoms with Crippen molar-refractivity contribution in [1.29, 1.82) is 0 Å². The molecule has 0 bridgehead atoms. The Morgan fingerprint density at radius 3 is 2.59 bits per heavy atom. The second kappa shape index (κ2) is 7.40. The monoisotopic (exact) mass is 304 g/mol. The molecule has 2 rings (SSSR count). The SMILES string of the molecule is CC(C)CN1CC[C@H](C(=O)N[C@@H](C(=O)O)c2ccccc2)C1. The average Bonchev–Trinajstić information content (AvgIpc) is 2.93. The number of nitrogens with zero attached hydrogens (tertiary/aromatic N) is 1. The summed E-state index contributed by atoms with van der Waals surface area (Å²) in [7, 11) is 0. The summed E-state index contributed by atoms with van der Waals surface area (Å²) in [5, 5.41) is 12.0. The number of carbonyl (C=O) groups excluding carboxylic acids is 1. The number of aliphatic carboxylic acids is 1. The minimum atomic E-state index is -1.03. The molecule has 1 saturated heterocycles. The van der Waals surface area contributed by atoms with E-state index in [9.17, 15) is 14.7 Å². The van der Waals surface area contributed by atoms with Crippen molar-refractivity contribution >= 4 is 11.9 Å². The van der Waals surface area contributed by atoms with Gasteiger partial charge in [0, 0.05) is 13.1 Å². The third-order valence-electron chi connectivity index (χ3n) is 3.93. The average molecular weight is 304 g/mol. The van der Waals surface area contributed by atoms with Crippen LogP contribution in [0.25, 0.3) is 0 Å². The van der Waals surface area contributed by atoms with Gasteiger partial charge in [-0.05, 0) is 24.4 Å². The summed E-state index contributed by atoms with van der Waals surface area (Å²) in [6, 6.07) is 7.84. The van der Waals surface area contributed by atoms with Gasteiger partial charge < -0.3 is 15.3 Å². The normalized spacial score (nSPS) is 20.0. The first-order valence-corrected chi connectivity index (χ1v) is 7.78. The quantitative estimate of drug-likeness (QED) is 0.842. The van der Waals surface area contributed by atoms with Gasteiger partial charge in [0.05, 0.1) is 5.92 Å². The van der Waals surface area contributed by atoms with Crippen LogP contribution in [0.4, 0.5) is 0 Å². The van der Waals surface area contributed by atoms with Gasteiger partial charge in [0.15, 0.2) is 6.04 Å². The zero-order chi connectivity index (χ0) is 16.1. The fourth-order valence-electron chi connectivity index (χ4n) is 2.92. The van der Waals surface area contributed by atoms with E-state index in [2.05, 4.69) is 24.1 Å². The van der Waals surface area contributed by atoms with E-state index in [1.165, 1.54) is 0 Å². The van der Waals surface area contributed by atoms with E-state index in [0.717, 1.165) is 19.5 Å². The van der Waals surface area contributed by atoms with Crippen LogP contribution in [0.5, 0.6) is 0 Å². The van der Waals surface area contributed by atoms with Crippen molar-refractivity contribution in [3.8, 4) is 0 Å². The molecule has 0 saturated carbocycles. The number of benzene rings is 1. The van der Waals surface area contributed by atoms with Crippen LogP contribution in [0.1, 0.15) is 31.9 Å². The predicted molar refractivity (Wildman–Crippen MR) is 84.3 cm³/mol. The highest BCUT2D eigenvalue weighted by atomic mass is 16.4. The Labute approximate surface area is 131 Å². The van der Waals surface area contributed by atoms with Crippen molar-refractivity contribution in [2.75, 3.05) is 19.6 Å². The molecule has 5 heteroatoms. The Bertz CT molecular complexity index is 516. The Hall–Kier alpha value is -1.88. The molecule has 0 radical (unpaired) electrons. The van der Waals surface area contributed by atoms with Crippen LogP contribution in [-0.2, 0) is 9.59 Å². The Morgan fingerprint density at radius 1 is 1.32 bits per heavy atom. The molecule has 5 nitrogen and oxygen atoms in total. The van der Waals surface area contributed by atoms with Crippen molar-refractivity contribution < 1.29 is 14.7 Å². The van der Waals surface area contributed by atoms with Crippen LogP contribution >= 0.6 is 0 Å². The van der Waals surface area contributed by atoms with E-state index in [4.69, 9.17) is 0 Å². The van der Waals surface area contributed by atoms with Gasteiger partial charge in [-0.15, -0.1) is 0 Å². The fraction of sp³-hybridized carbons (Fsp3) is 0.529. The molecule has 22 heavy (non-hydrogen) atoms. The summed E-state index contributed by atoms with van der Waals surface area (Å²) in [5.41, 5.74) is 0.598. The summed E-state index contributed by atoms with van der Waals surface area (Å²) in [5.74, 6) is -0.749. The number of hydrogen-bond acceptors (Lipinski definition) is 3. The molecule has 1 amide bonds. The lowest BCUT2D eigenvalue weighted by atomic mass is 10.0. The fourth-order valence-corrected chi connectivity index (χ4v) is 2.92. The molecule has 0 aliphatic carbocycles. The topological polar surface area (TPSA) is 69.6 Å². The second-order valence-corrected chi connectivity index (χ2v) is 6.33. The molecule has 1 aromatic rings. The zero-order valence-electron chi connectivity index (χ0n) is 13.2. The van der Waals surface area contributed by atoms with Crippen molar-refractivity contribution in [2.45, 2.75) is 26.3 Å². The summed E-state index contributed by atoms with van der Waals surface area (Å²) < 4.78 is 0. The Morgan fingerprint density at radius 2 is 2.00 bits per heavy atom. The molecule has 1 aliphatic rings. The largest absolute Gasteiger partial charge is 0.479 e. The van der Waals surface area contributed by atoms with E-state index < -0.39 is 12.0 Å². The van der Waals surface area contributed by atoms with E-state index in [1.807, 2.05) is 6.07 Å². The van der Waals surface area contributed by atoms with Gasteiger partial charge in [-0.25, -0.2) is 4.79 Å². The van der Waals surface area contributed by atoms with E-state index in [-0.39, 0.29) is 11.8 Å². The molecular formula is C17H24N2O3. The zero-order valence-corrected chi connectivity index (χ0v) is 13.2. The van der Waals surface area contributed by atoms with Gasteiger partial charge in [0.2, 0.25) is 5.91 Å². The Balaban J connectivity index is 1.97. The molecular weight excluding hydrogens is 280 g/mol. The third-order valence-corrected chi connectivity index (χ3v) is 3.93. The first-order valence-electron chi connectivity index (χ1n) is 7.78. The second-order valence-electron chi connectivity index (χ2n) is 6.33. The number of carboxylic acids is 1.